The number of carbonyl (C=O) groups is 2. The van der Waals surface area contributed by atoms with Crippen LogP contribution in [0, 0.1) is 11.8 Å². The Morgan fingerprint density at radius 2 is 2.03 bits per heavy atom. The van der Waals surface area contributed by atoms with E-state index in [9.17, 15) is 9.59 Å². The second-order valence-electron chi connectivity index (χ2n) is 8.86. The zero-order valence-corrected chi connectivity index (χ0v) is 19.0. The molecule has 1 aliphatic carbocycles. The summed E-state index contributed by atoms with van der Waals surface area (Å²) in [6, 6.07) is 7.04. The highest BCUT2D eigenvalue weighted by Gasteiger charge is 2.40. The van der Waals surface area contributed by atoms with E-state index in [4.69, 9.17) is 27.9 Å². The van der Waals surface area contributed by atoms with Gasteiger partial charge in [0.1, 0.15) is 11.8 Å². The van der Waals surface area contributed by atoms with Crippen LogP contribution in [0.5, 0.6) is 0 Å². The predicted octanol–water partition coefficient (Wildman–Crippen LogP) is 5.96. The van der Waals surface area contributed by atoms with Gasteiger partial charge in [-0.05, 0) is 43.0 Å². The molecule has 1 aliphatic heterocycles. The van der Waals surface area contributed by atoms with Crippen LogP contribution in [0.3, 0.4) is 0 Å². The maximum Gasteiger partial charge on any atom is 0.309 e. The normalized spacial score (nSPS) is 23.0. The van der Waals surface area contributed by atoms with E-state index in [0.717, 1.165) is 30.2 Å². The molecule has 4 rings (SSSR count). The SMILES string of the molecule is C=C(Cl)C[C@H]1C[C@@H]([C@H](CC2CCCCC2)NC(=O)c2cc3cc(Cl)ccc3[nH]2)OC1=O. The molecule has 7 heteroatoms. The Kier molecular flexibility index (Phi) is 6.92. The van der Waals surface area contributed by atoms with Gasteiger partial charge in [0.15, 0.2) is 0 Å². The molecular formula is C24H28Cl2N2O3. The molecule has 1 aromatic heterocycles. The molecule has 0 bridgehead atoms. The second kappa shape index (κ2) is 9.66. The molecule has 0 spiro atoms. The molecule has 2 fully saturated rings. The monoisotopic (exact) mass is 462 g/mol. The molecule has 31 heavy (non-hydrogen) atoms. The quantitative estimate of drug-likeness (QED) is 0.498. The highest BCUT2D eigenvalue weighted by atomic mass is 35.5. The smallest absolute Gasteiger partial charge is 0.309 e. The third-order valence-electron chi connectivity index (χ3n) is 6.49. The summed E-state index contributed by atoms with van der Waals surface area (Å²) < 4.78 is 5.71. The van der Waals surface area contributed by atoms with Gasteiger partial charge in [-0.3, -0.25) is 9.59 Å². The topological polar surface area (TPSA) is 71.2 Å². The van der Waals surface area contributed by atoms with E-state index >= 15 is 0 Å². The van der Waals surface area contributed by atoms with E-state index in [1.165, 1.54) is 19.3 Å². The number of nitrogens with one attached hydrogen (secondary N) is 2. The molecule has 2 aromatic rings. The zero-order chi connectivity index (χ0) is 22.0. The molecule has 2 heterocycles. The molecule has 166 valence electrons. The van der Waals surface area contributed by atoms with Crippen molar-refractivity contribution in [1.29, 1.82) is 0 Å². The molecule has 2 aliphatic rings. The third-order valence-corrected chi connectivity index (χ3v) is 6.88. The van der Waals surface area contributed by atoms with Crippen molar-refractivity contribution in [2.24, 2.45) is 11.8 Å². The molecule has 1 saturated carbocycles. The van der Waals surface area contributed by atoms with Gasteiger partial charge < -0.3 is 15.0 Å². The van der Waals surface area contributed by atoms with Gasteiger partial charge in [0.05, 0.1) is 12.0 Å². The molecule has 1 aromatic carbocycles. The number of carbonyl (C=O) groups excluding carboxylic acids is 2. The molecule has 2 N–H and O–H groups in total. The summed E-state index contributed by atoms with van der Waals surface area (Å²) in [6.45, 7) is 3.71. The Morgan fingerprint density at radius 1 is 1.26 bits per heavy atom. The lowest BCUT2D eigenvalue weighted by atomic mass is 9.83. The largest absolute Gasteiger partial charge is 0.460 e. The first-order valence-electron chi connectivity index (χ1n) is 11.0. The van der Waals surface area contributed by atoms with Crippen molar-refractivity contribution in [3.8, 4) is 0 Å². The number of ether oxygens (including phenoxy) is 1. The highest BCUT2D eigenvalue weighted by Crippen LogP contribution is 2.34. The van der Waals surface area contributed by atoms with Gasteiger partial charge in [0.25, 0.3) is 5.91 Å². The van der Waals surface area contributed by atoms with E-state index in [1.807, 2.05) is 12.1 Å². The summed E-state index contributed by atoms with van der Waals surface area (Å²) in [5.41, 5.74) is 1.33. The number of aromatic nitrogens is 1. The van der Waals surface area contributed by atoms with E-state index in [-0.39, 0.29) is 29.9 Å². The number of esters is 1. The maximum atomic E-state index is 13.1. The fraction of sp³-hybridized carbons (Fsp3) is 0.500. The Morgan fingerprint density at radius 3 is 2.77 bits per heavy atom. The molecule has 1 amide bonds. The van der Waals surface area contributed by atoms with Crippen molar-refractivity contribution in [3.05, 3.63) is 46.6 Å². The van der Waals surface area contributed by atoms with Crippen molar-refractivity contribution in [1.82, 2.24) is 10.3 Å². The van der Waals surface area contributed by atoms with Gasteiger partial charge in [0, 0.05) is 27.4 Å². The predicted molar refractivity (Wildman–Crippen MR) is 123 cm³/mol. The fourth-order valence-corrected chi connectivity index (χ4v) is 5.27. The number of hydrogen-bond donors (Lipinski definition) is 2. The van der Waals surface area contributed by atoms with Crippen LogP contribution < -0.4 is 5.32 Å². The van der Waals surface area contributed by atoms with Crippen LogP contribution in [0.25, 0.3) is 10.9 Å². The average Bonchev–Trinajstić information content (AvgIpc) is 3.31. The Balaban J connectivity index is 1.51. The number of H-pyrrole nitrogens is 1. The Bertz CT molecular complexity index is 980. The standard InChI is InChI=1S/C24H28Cl2N2O3/c1-14(25)9-17-13-22(31-24(17)30)20(10-15-5-3-2-4-6-15)28-23(29)21-12-16-11-18(26)7-8-19(16)27-21/h7-8,11-12,15,17,20,22,27H,1-6,9-10,13H2,(H,28,29)/t17-,20-,22-/m0/s1. The molecule has 5 nitrogen and oxygen atoms in total. The van der Waals surface area contributed by atoms with E-state index in [1.54, 1.807) is 12.1 Å². The third kappa shape index (κ3) is 5.45. The highest BCUT2D eigenvalue weighted by molar-refractivity contribution is 6.31. The molecule has 1 saturated heterocycles. The van der Waals surface area contributed by atoms with Crippen LogP contribution in [-0.4, -0.2) is 29.0 Å². The minimum absolute atomic E-state index is 0.200. The second-order valence-corrected chi connectivity index (χ2v) is 9.83. The van der Waals surface area contributed by atoms with Crippen LogP contribution in [0.4, 0.5) is 0 Å². The van der Waals surface area contributed by atoms with Crippen LogP contribution >= 0.6 is 23.2 Å². The minimum atomic E-state index is -0.349. The lowest BCUT2D eigenvalue weighted by Crippen LogP contribution is -2.44. The van der Waals surface area contributed by atoms with Crippen LogP contribution in [0.15, 0.2) is 35.9 Å². The van der Waals surface area contributed by atoms with Gasteiger partial charge >= 0.3 is 5.97 Å². The zero-order valence-electron chi connectivity index (χ0n) is 17.5. The molecule has 0 unspecified atom stereocenters. The number of hydrogen-bond acceptors (Lipinski definition) is 3. The van der Waals surface area contributed by atoms with Crippen LogP contribution in [0.1, 0.15) is 61.9 Å². The van der Waals surface area contributed by atoms with E-state index in [0.29, 0.717) is 34.5 Å². The number of fused-ring (bicyclic) bond motifs is 1. The van der Waals surface area contributed by atoms with E-state index < -0.39 is 0 Å². The summed E-state index contributed by atoms with van der Waals surface area (Å²) in [6.07, 6.45) is 7.42. The number of allylic oxidation sites excluding steroid dienone is 1. The lowest BCUT2D eigenvalue weighted by Gasteiger charge is -2.30. The maximum absolute atomic E-state index is 13.1. The van der Waals surface area contributed by atoms with Gasteiger partial charge in [-0.25, -0.2) is 0 Å². The van der Waals surface area contributed by atoms with Crippen LogP contribution in [-0.2, 0) is 9.53 Å². The Labute approximate surface area is 192 Å². The van der Waals surface area contributed by atoms with E-state index in [2.05, 4.69) is 16.9 Å². The van der Waals surface area contributed by atoms with Crippen LogP contribution in [0.2, 0.25) is 5.02 Å². The average molecular weight is 463 g/mol. The van der Waals surface area contributed by atoms with Crippen molar-refractivity contribution >= 4 is 46.0 Å². The number of amides is 1. The van der Waals surface area contributed by atoms with Crippen molar-refractivity contribution in [2.75, 3.05) is 0 Å². The van der Waals surface area contributed by atoms with Gasteiger partial charge in [-0.15, -0.1) is 0 Å². The summed E-state index contributed by atoms with van der Waals surface area (Å²) >= 11 is 12.0. The summed E-state index contributed by atoms with van der Waals surface area (Å²) in [5.74, 6) is -0.221. The minimum Gasteiger partial charge on any atom is -0.460 e. The Hall–Kier alpha value is -1.98. The summed E-state index contributed by atoms with van der Waals surface area (Å²) in [5, 5.41) is 5.12. The van der Waals surface area contributed by atoms with Crippen molar-refractivity contribution in [3.63, 3.8) is 0 Å². The fourth-order valence-electron chi connectivity index (χ4n) is 4.91. The van der Waals surface area contributed by atoms with Crippen molar-refractivity contribution in [2.45, 2.75) is 63.5 Å². The first-order valence-corrected chi connectivity index (χ1v) is 11.8. The number of aromatic amines is 1. The van der Waals surface area contributed by atoms with Gasteiger partial charge in [-0.2, -0.15) is 0 Å². The lowest BCUT2D eigenvalue weighted by molar-refractivity contribution is -0.145. The number of cyclic esters (lactones) is 1. The number of benzene rings is 1. The van der Waals surface area contributed by atoms with Crippen molar-refractivity contribution < 1.29 is 14.3 Å². The summed E-state index contributed by atoms with van der Waals surface area (Å²) in [4.78, 5) is 28.6. The van der Waals surface area contributed by atoms with Gasteiger partial charge in [-0.1, -0.05) is 61.9 Å². The summed E-state index contributed by atoms with van der Waals surface area (Å²) in [7, 11) is 0. The number of halogens is 2. The number of rotatable bonds is 7. The molecule has 3 atom stereocenters. The first-order chi connectivity index (χ1) is 14.9. The molecule has 0 radical (unpaired) electrons. The van der Waals surface area contributed by atoms with Gasteiger partial charge in [0.2, 0.25) is 0 Å². The first kappa shape index (κ1) is 22.2. The molecular weight excluding hydrogens is 435 g/mol.